The summed E-state index contributed by atoms with van der Waals surface area (Å²) in [5.74, 6) is -6.56. The van der Waals surface area contributed by atoms with E-state index >= 15 is 0 Å². The predicted octanol–water partition coefficient (Wildman–Crippen LogP) is 4.83. The molecule has 0 saturated carbocycles. The number of nitrogens with one attached hydrogen (secondary N) is 1. The zero-order chi connectivity index (χ0) is 23.0. The van der Waals surface area contributed by atoms with Crippen LogP contribution in [0.2, 0.25) is 0 Å². The molecule has 0 atom stereocenters. The van der Waals surface area contributed by atoms with Gasteiger partial charge < -0.3 is 10.2 Å². The third-order valence-electron chi connectivity index (χ3n) is 4.65. The second-order valence-corrected chi connectivity index (χ2v) is 7.39. The molecule has 1 aliphatic rings. The van der Waals surface area contributed by atoms with Crippen molar-refractivity contribution in [1.82, 2.24) is 4.98 Å². The summed E-state index contributed by atoms with van der Waals surface area (Å²) in [7, 11) is 0. The molecule has 0 radical (unpaired) electrons. The molecule has 3 rings (SSSR count). The molecule has 168 valence electrons. The second-order valence-electron chi connectivity index (χ2n) is 6.75. The van der Waals surface area contributed by atoms with E-state index < -0.39 is 64.2 Å². The number of nitrogens with two attached hydrogens (primary N) is 1. The molecule has 1 amide bonds. The minimum Gasteiger partial charge on any atom is -0.356 e. The molecule has 1 aromatic heterocycles. The van der Waals surface area contributed by atoms with Crippen LogP contribution in [0.3, 0.4) is 0 Å². The first-order valence-corrected chi connectivity index (χ1v) is 9.67. The third kappa shape index (κ3) is 5.03. The highest BCUT2D eigenvalue weighted by Gasteiger charge is 2.37. The van der Waals surface area contributed by atoms with Crippen molar-refractivity contribution in [2.24, 2.45) is 5.14 Å². The lowest BCUT2D eigenvalue weighted by molar-refractivity contribution is -0.137. The first-order valence-electron chi connectivity index (χ1n) is 8.79. The lowest BCUT2D eigenvalue weighted by Gasteiger charge is -2.33. The molecule has 1 aliphatic heterocycles. The quantitative estimate of drug-likeness (QED) is 0.497. The first kappa shape index (κ1) is 23.1. The molecular formula is C18H15F7N4OS. The normalized spacial score (nSPS) is 16.3. The Hall–Kier alpha value is -2.54. The van der Waals surface area contributed by atoms with Gasteiger partial charge in [0.05, 0.1) is 21.7 Å². The van der Waals surface area contributed by atoms with Gasteiger partial charge in [-0.1, -0.05) is 0 Å². The molecule has 0 unspecified atom stereocenters. The third-order valence-corrected chi connectivity index (χ3v) is 5.26. The van der Waals surface area contributed by atoms with Crippen LogP contribution in [0.25, 0.3) is 0 Å². The van der Waals surface area contributed by atoms with Crippen molar-refractivity contribution >= 4 is 29.4 Å². The summed E-state index contributed by atoms with van der Waals surface area (Å²) < 4.78 is 94.3. The van der Waals surface area contributed by atoms with Gasteiger partial charge in [-0.3, -0.25) is 9.93 Å². The van der Waals surface area contributed by atoms with E-state index in [0.29, 0.717) is 12.3 Å². The SMILES string of the molecule is NSc1c(F)ccc(NC(=O)c2cc(C(F)(F)F)cnc2N2CCC(F)(F)CC2)c1F. The maximum absolute atomic E-state index is 14.4. The highest BCUT2D eigenvalue weighted by Crippen LogP contribution is 2.35. The highest BCUT2D eigenvalue weighted by atomic mass is 32.2. The van der Waals surface area contributed by atoms with Crippen molar-refractivity contribution in [3.05, 3.63) is 47.2 Å². The number of alkyl halides is 5. The Morgan fingerprint density at radius 3 is 2.42 bits per heavy atom. The van der Waals surface area contributed by atoms with E-state index in [2.05, 4.69) is 10.3 Å². The second kappa shape index (κ2) is 8.54. The molecule has 1 aromatic carbocycles. The van der Waals surface area contributed by atoms with Crippen molar-refractivity contribution in [3.8, 4) is 0 Å². The van der Waals surface area contributed by atoms with Gasteiger partial charge in [0.15, 0.2) is 5.82 Å². The van der Waals surface area contributed by atoms with Crippen LogP contribution in [-0.2, 0) is 6.18 Å². The van der Waals surface area contributed by atoms with Gasteiger partial charge in [0.1, 0.15) is 11.6 Å². The summed E-state index contributed by atoms with van der Waals surface area (Å²) >= 11 is 0.249. The number of nitrogens with zero attached hydrogens (tertiary/aromatic N) is 2. The summed E-state index contributed by atoms with van der Waals surface area (Å²) in [6.07, 6.45) is -5.48. The smallest absolute Gasteiger partial charge is 0.356 e. The van der Waals surface area contributed by atoms with Gasteiger partial charge in [0.25, 0.3) is 11.8 Å². The van der Waals surface area contributed by atoms with Crippen molar-refractivity contribution in [1.29, 1.82) is 0 Å². The minimum absolute atomic E-state index is 0.246. The number of hydrogen-bond acceptors (Lipinski definition) is 5. The minimum atomic E-state index is -4.83. The van der Waals surface area contributed by atoms with Gasteiger partial charge in [-0.2, -0.15) is 13.2 Å². The van der Waals surface area contributed by atoms with Gasteiger partial charge in [0, 0.05) is 32.1 Å². The topological polar surface area (TPSA) is 71.2 Å². The van der Waals surface area contributed by atoms with Crippen molar-refractivity contribution in [2.45, 2.75) is 29.8 Å². The highest BCUT2D eigenvalue weighted by molar-refractivity contribution is 7.97. The zero-order valence-electron chi connectivity index (χ0n) is 15.6. The molecule has 0 aliphatic carbocycles. The van der Waals surface area contributed by atoms with Gasteiger partial charge in [0.2, 0.25) is 0 Å². The molecule has 1 fully saturated rings. The fourth-order valence-electron chi connectivity index (χ4n) is 3.00. The van der Waals surface area contributed by atoms with Crippen LogP contribution in [0.15, 0.2) is 29.3 Å². The Bertz CT molecular complexity index is 990. The Kier molecular flexibility index (Phi) is 6.37. The molecule has 0 spiro atoms. The number of pyridine rings is 1. The maximum atomic E-state index is 14.4. The standard InChI is InChI=1S/C18H15F7N4OS/c19-11-1-2-12(13(20)14(11)31-26)28-16(30)10-7-9(18(23,24)25)8-27-15(10)29-5-3-17(21,22)4-6-29/h1-2,7-8H,3-6,26H2,(H,28,30). The Labute approximate surface area is 175 Å². The van der Waals surface area contributed by atoms with Crippen LogP contribution in [0.1, 0.15) is 28.8 Å². The molecule has 3 N–H and O–H groups in total. The van der Waals surface area contributed by atoms with Gasteiger partial charge in [-0.25, -0.2) is 22.5 Å². The number of piperidine rings is 1. The lowest BCUT2D eigenvalue weighted by Crippen LogP contribution is -2.40. The maximum Gasteiger partial charge on any atom is 0.417 e. The molecule has 31 heavy (non-hydrogen) atoms. The van der Waals surface area contributed by atoms with Crippen LogP contribution in [0, 0.1) is 11.6 Å². The number of amides is 1. The van der Waals surface area contributed by atoms with E-state index in [9.17, 15) is 35.5 Å². The van der Waals surface area contributed by atoms with Gasteiger partial charge >= 0.3 is 6.18 Å². The number of rotatable bonds is 4. The number of benzene rings is 1. The van der Waals surface area contributed by atoms with Crippen LogP contribution in [0.4, 0.5) is 42.2 Å². The van der Waals surface area contributed by atoms with Crippen LogP contribution >= 0.6 is 11.9 Å². The number of carbonyl (C=O) groups is 1. The fraction of sp³-hybridized carbons (Fsp3) is 0.333. The number of aromatic nitrogens is 1. The largest absolute Gasteiger partial charge is 0.417 e. The van der Waals surface area contributed by atoms with E-state index in [4.69, 9.17) is 5.14 Å². The predicted molar refractivity (Wildman–Crippen MR) is 100.0 cm³/mol. The first-order chi connectivity index (χ1) is 14.4. The van der Waals surface area contributed by atoms with Crippen molar-refractivity contribution < 1.29 is 35.5 Å². The summed E-state index contributed by atoms with van der Waals surface area (Å²) in [4.78, 5) is 17.1. The van der Waals surface area contributed by atoms with Gasteiger partial charge in [-0.05, 0) is 30.1 Å². The average molecular weight is 468 g/mol. The van der Waals surface area contributed by atoms with Gasteiger partial charge in [-0.15, -0.1) is 0 Å². The summed E-state index contributed by atoms with van der Waals surface area (Å²) in [6.45, 7) is -0.491. The fourth-order valence-corrected chi connectivity index (χ4v) is 3.40. The molecule has 1 saturated heterocycles. The van der Waals surface area contributed by atoms with E-state index in [-0.39, 0.29) is 30.9 Å². The molecular weight excluding hydrogens is 453 g/mol. The van der Waals surface area contributed by atoms with E-state index in [1.807, 2.05) is 0 Å². The molecule has 0 bridgehead atoms. The molecule has 5 nitrogen and oxygen atoms in total. The van der Waals surface area contributed by atoms with Crippen molar-refractivity contribution in [3.63, 3.8) is 0 Å². The Balaban J connectivity index is 1.98. The van der Waals surface area contributed by atoms with Crippen LogP contribution < -0.4 is 15.4 Å². The lowest BCUT2D eigenvalue weighted by atomic mass is 10.1. The Morgan fingerprint density at radius 2 is 1.84 bits per heavy atom. The number of carbonyl (C=O) groups excluding carboxylic acids is 1. The summed E-state index contributed by atoms with van der Waals surface area (Å²) in [5, 5.41) is 7.27. The molecule has 2 heterocycles. The molecule has 13 heteroatoms. The van der Waals surface area contributed by atoms with Crippen LogP contribution in [-0.4, -0.2) is 29.9 Å². The van der Waals surface area contributed by atoms with E-state index in [0.717, 1.165) is 12.1 Å². The summed E-state index contributed by atoms with van der Waals surface area (Å²) in [6, 6.07) is 2.21. The number of anilines is 2. The molecule has 2 aromatic rings. The van der Waals surface area contributed by atoms with E-state index in [1.54, 1.807) is 0 Å². The van der Waals surface area contributed by atoms with Crippen LogP contribution in [0.5, 0.6) is 0 Å². The zero-order valence-corrected chi connectivity index (χ0v) is 16.4. The van der Waals surface area contributed by atoms with Crippen molar-refractivity contribution in [2.75, 3.05) is 23.3 Å². The number of hydrogen-bond donors (Lipinski definition) is 2. The average Bonchev–Trinajstić information content (AvgIpc) is 2.69. The summed E-state index contributed by atoms with van der Waals surface area (Å²) in [5.41, 5.74) is -2.36. The number of halogens is 7. The van der Waals surface area contributed by atoms with E-state index in [1.165, 1.54) is 4.90 Å². The monoisotopic (exact) mass is 468 g/mol. The Morgan fingerprint density at radius 1 is 1.19 bits per heavy atom.